The number of hydrogen-bond donors (Lipinski definition) is 2. The van der Waals surface area contributed by atoms with Gasteiger partial charge in [0, 0.05) is 6.42 Å². The van der Waals surface area contributed by atoms with Crippen molar-refractivity contribution in [1.82, 2.24) is 15.8 Å². The molecule has 0 radical (unpaired) electrons. The average molecular weight is 391 g/mol. The van der Waals surface area contributed by atoms with Gasteiger partial charge in [0.1, 0.15) is 5.54 Å². The molecule has 1 aromatic carbocycles. The van der Waals surface area contributed by atoms with Crippen LogP contribution in [0.15, 0.2) is 18.2 Å². The Morgan fingerprint density at radius 1 is 1.25 bits per heavy atom. The number of fused-ring (bicyclic) bond motifs is 1. The molecule has 2 heterocycles. The Labute approximate surface area is 161 Å². The fourth-order valence-corrected chi connectivity index (χ4v) is 2.69. The molecule has 0 aromatic heterocycles. The number of benzene rings is 1. The molecule has 0 aliphatic carbocycles. The predicted octanol–water partition coefficient (Wildman–Crippen LogP) is 0.756. The zero-order chi connectivity index (χ0) is 20.3. The van der Waals surface area contributed by atoms with E-state index in [1.807, 2.05) is 0 Å². The van der Waals surface area contributed by atoms with Crippen LogP contribution < -0.4 is 20.2 Å². The molecule has 28 heavy (non-hydrogen) atoms. The minimum atomic E-state index is -1.08. The number of nitrogens with zero attached hydrogens (tertiary/aromatic N) is 1. The first kappa shape index (κ1) is 19.5. The van der Waals surface area contributed by atoms with Crippen LogP contribution in [0.3, 0.4) is 0 Å². The monoisotopic (exact) mass is 391 g/mol. The summed E-state index contributed by atoms with van der Waals surface area (Å²) in [6.45, 7) is 3.63. The minimum Gasteiger partial charge on any atom is -0.490 e. The normalized spacial score (nSPS) is 21.0. The highest BCUT2D eigenvalue weighted by molar-refractivity contribution is 6.07. The van der Waals surface area contributed by atoms with Gasteiger partial charge in [-0.1, -0.05) is 6.92 Å². The van der Waals surface area contributed by atoms with E-state index in [4.69, 9.17) is 14.2 Å². The third-order valence-corrected chi connectivity index (χ3v) is 4.52. The number of nitrogens with one attached hydrogen (secondary N) is 2. The van der Waals surface area contributed by atoms with Crippen molar-refractivity contribution in [3.05, 3.63) is 23.8 Å². The molecule has 1 fully saturated rings. The van der Waals surface area contributed by atoms with Crippen LogP contribution in [0.2, 0.25) is 0 Å². The highest BCUT2D eigenvalue weighted by Gasteiger charge is 2.47. The molecule has 1 atom stereocenters. The van der Waals surface area contributed by atoms with E-state index in [1.165, 1.54) is 12.1 Å². The molecule has 10 heteroatoms. The molecule has 2 N–H and O–H groups in total. The predicted molar refractivity (Wildman–Crippen MR) is 94.5 cm³/mol. The quantitative estimate of drug-likeness (QED) is 0.561. The first-order valence-electron chi connectivity index (χ1n) is 8.87. The second-order valence-electron chi connectivity index (χ2n) is 6.58. The molecule has 3 rings (SSSR count). The van der Waals surface area contributed by atoms with E-state index in [2.05, 4.69) is 10.7 Å². The Kier molecular flexibility index (Phi) is 5.39. The number of urea groups is 1. The van der Waals surface area contributed by atoms with Crippen LogP contribution in [0.4, 0.5) is 4.79 Å². The Morgan fingerprint density at radius 2 is 1.96 bits per heavy atom. The molecular formula is C18H21N3O7. The van der Waals surface area contributed by atoms with Crippen molar-refractivity contribution in [2.45, 2.75) is 32.2 Å². The molecular weight excluding hydrogens is 370 g/mol. The second kappa shape index (κ2) is 7.75. The van der Waals surface area contributed by atoms with Gasteiger partial charge in [-0.15, -0.1) is 0 Å². The molecule has 1 unspecified atom stereocenters. The lowest BCUT2D eigenvalue weighted by Gasteiger charge is -2.19. The lowest BCUT2D eigenvalue weighted by Crippen LogP contribution is -2.49. The van der Waals surface area contributed by atoms with Crippen LogP contribution in [-0.2, 0) is 14.3 Å². The standard InChI is InChI=1S/C18H21N3O7/c1-3-18(2)16(24)21(17(25)19-18)20-14(22)10-28-15(23)11-5-6-12-13(9-11)27-8-4-7-26-12/h5-6,9H,3-4,7-8,10H2,1-2H3,(H,19,25)(H,20,22). The molecule has 2 aliphatic rings. The van der Waals surface area contributed by atoms with Gasteiger partial charge < -0.3 is 19.5 Å². The number of esters is 1. The van der Waals surface area contributed by atoms with Gasteiger partial charge >= 0.3 is 12.0 Å². The molecule has 1 aromatic rings. The van der Waals surface area contributed by atoms with E-state index in [0.29, 0.717) is 36.1 Å². The summed E-state index contributed by atoms with van der Waals surface area (Å²) in [6, 6.07) is 3.83. The molecule has 0 saturated carbocycles. The first-order chi connectivity index (χ1) is 13.3. The maximum Gasteiger partial charge on any atom is 0.344 e. The number of amides is 4. The van der Waals surface area contributed by atoms with Crippen molar-refractivity contribution < 1.29 is 33.4 Å². The second-order valence-corrected chi connectivity index (χ2v) is 6.58. The first-order valence-corrected chi connectivity index (χ1v) is 8.87. The Hall–Kier alpha value is -3.30. The molecule has 10 nitrogen and oxygen atoms in total. The number of imide groups is 1. The molecule has 0 bridgehead atoms. The molecule has 2 aliphatic heterocycles. The number of ether oxygens (including phenoxy) is 3. The maximum absolute atomic E-state index is 12.2. The van der Waals surface area contributed by atoms with E-state index >= 15 is 0 Å². The van der Waals surface area contributed by atoms with E-state index in [-0.39, 0.29) is 5.56 Å². The van der Waals surface area contributed by atoms with Crippen LogP contribution in [0.25, 0.3) is 0 Å². The number of hydrogen-bond acceptors (Lipinski definition) is 7. The van der Waals surface area contributed by atoms with Gasteiger partial charge in [-0.2, -0.15) is 5.01 Å². The SMILES string of the molecule is CCC1(C)NC(=O)N(NC(=O)COC(=O)c2ccc3c(c2)OCCCO3)C1=O. The van der Waals surface area contributed by atoms with Crippen molar-refractivity contribution in [1.29, 1.82) is 0 Å². The summed E-state index contributed by atoms with van der Waals surface area (Å²) in [6.07, 6.45) is 1.09. The van der Waals surface area contributed by atoms with Crippen molar-refractivity contribution in [3.8, 4) is 11.5 Å². The maximum atomic E-state index is 12.2. The summed E-state index contributed by atoms with van der Waals surface area (Å²) in [4.78, 5) is 48.3. The lowest BCUT2D eigenvalue weighted by atomic mass is 10.00. The lowest BCUT2D eigenvalue weighted by molar-refractivity contribution is -0.139. The summed E-state index contributed by atoms with van der Waals surface area (Å²) < 4.78 is 15.9. The van der Waals surface area contributed by atoms with Crippen molar-refractivity contribution in [3.63, 3.8) is 0 Å². The van der Waals surface area contributed by atoms with Gasteiger partial charge in [0.25, 0.3) is 11.8 Å². The number of rotatable bonds is 5. The Bertz CT molecular complexity index is 825. The number of carbonyl (C=O) groups is 4. The van der Waals surface area contributed by atoms with Gasteiger partial charge in [0.15, 0.2) is 18.1 Å². The van der Waals surface area contributed by atoms with E-state index in [1.54, 1.807) is 19.9 Å². The Morgan fingerprint density at radius 3 is 2.64 bits per heavy atom. The zero-order valence-corrected chi connectivity index (χ0v) is 15.6. The van der Waals surface area contributed by atoms with Crippen LogP contribution in [0.5, 0.6) is 11.5 Å². The summed E-state index contributed by atoms with van der Waals surface area (Å²) >= 11 is 0. The highest BCUT2D eigenvalue weighted by atomic mass is 16.5. The minimum absolute atomic E-state index is 0.186. The molecule has 150 valence electrons. The van der Waals surface area contributed by atoms with Crippen LogP contribution in [0.1, 0.15) is 37.0 Å². The number of hydrazine groups is 1. The van der Waals surface area contributed by atoms with E-state index in [9.17, 15) is 19.2 Å². The average Bonchev–Trinajstić information content (AvgIpc) is 2.86. The van der Waals surface area contributed by atoms with E-state index < -0.39 is 36.0 Å². The number of carbonyl (C=O) groups excluding carboxylic acids is 4. The largest absolute Gasteiger partial charge is 0.490 e. The van der Waals surface area contributed by atoms with Gasteiger partial charge in [-0.3, -0.25) is 15.0 Å². The van der Waals surface area contributed by atoms with Crippen LogP contribution in [-0.4, -0.2) is 54.2 Å². The summed E-state index contributed by atoms with van der Waals surface area (Å²) in [5.74, 6) is -1.19. The Balaban J connectivity index is 1.56. The van der Waals surface area contributed by atoms with Gasteiger partial charge in [-0.05, 0) is 31.5 Å². The third-order valence-electron chi connectivity index (χ3n) is 4.52. The summed E-state index contributed by atoms with van der Waals surface area (Å²) in [5.41, 5.74) is 1.25. The van der Waals surface area contributed by atoms with Gasteiger partial charge in [0.2, 0.25) is 0 Å². The zero-order valence-electron chi connectivity index (χ0n) is 15.6. The molecule has 4 amide bonds. The highest BCUT2D eigenvalue weighted by Crippen LogP contribution is 2.30. The summed E-state index contributed by atoms with van der Waals surface area (Å²) in [7, 11) is 0. The summed E-state index contributed by atoms with van der Waals surface area (Å²) in [5, 5.41) is 3.09. The van der Waals surface area contributed by atoms with Crippen molar-refractivity contribution in [2.24, 2.45) is 0 Å². The molecule has 1 saturated heterocycles. The van der Waals surface area contributed by atoms with Crippen LogP contribution >= 0.6 is 0 Å². The van der Waals surface area contributed by atoms with Gasteiger partial charge in [0.05, 0.1) is 18.8 Å². The third kappa shape index (κ3) is 3.85. The van der Waals surface area contributed by atoms with E-state index in [0.717, 1.165) is 6.42 Å². The van der Waals surface area contributed by atoms with Crippen molar-refractivity contribution >= 4 is 23.8 Å². The fraction of sp³-hybridized carbons (Fsp3) is 0.444. The fourth-order valence-electron chi connectivity index (χ4n) is 2.69. The van der Waals surface area contributed by atoms with Crippen LogP contribution in [0, 0.1) is 0 Å². The molecule has 0 spiro atoms. The van der Waals surface area contributed by atoms with Crippen molar-refractivity contribution in [2.75, 3.05) is 19.8 Å². The smallest absolute Gasteiger partial charge is 0.344 e. The van der Waals surface area contributed by atoms with Gasteiger partial charge in [-0.25, -0.2) is 9.59 Å². The topological polar surface area (TPSA) is 123 Å².